The number of primary amides is 1. The predicted octanol–water partition coefficient (Wildman–Crippen LogP) is 3.14. The van der Waals surface area contributed by atoms with E-state index in [1.165, 1.54) is 12.1 Å². The minimum atomic E-state index is -4.88. The van der Waals surface area contributed by atoms with Crippen LogP contribution in [0.2, 0.25) is 5.02 Å². The van der Waals surface area contributed by atoms with Gasteiger partial charge in [0, 0.05) is 5.69 Å². The van der Waals surface area contributed by atoms with E-state index >= 15 is 0 Å². The summed E-state index contributed by atoms with van der Waals surface area (Å²) < 4.78 is 66.6. The van der Waals surface area contributed by atoms with Gasteiger partial charge in [-0.15, -0.1) is 13.2 Å². The number of nitrogens with two attached hydrogens (primary N) is 1. The Morgan fingerprint density at radius 1 is 1.12 bits per heavy atom. The fourth-order valence-electron chi connectivity index (χ4n) is 1.81. The van der Waals surface area contributed by atoms with Crippen molar-refractivity contribution in [3.8, 4) is 5.75 Å². The first kappa shape index (κ1) is 18.9. The predicted molar refractivity (Wildman–Crippen MR) is 83.9 cm³/mol. The highest BCUT2D eigenvalue weighted by molar-refractivity contribution is 7.92. The van der Waals surface area contributed by atoms with Gasteiger partial charge >= 0.3 is 6.36 Å². The van der Waals surface area contributed by atoms with Gasteiger partial charge in [-0.25, -0.2) is 8.42 Å². The summed E-state index contributed by atoms with van der Waals surface area (Å²) in [4.78, 5) is 10.9. The van der Waals surface area contributed by atoms with Crippen LogP contribution in [0.1, 0.15) is 10.4 Å². The van der Waals surface area contributed by atoms with Crippen molar-refractivity contribution in [2.24, 2.45) is 5.73 Å². The largest absolute Gasteiger partial charge is 0.573 e. The van der Waals surface area contributed by atoms with Crippen LogP contribution >= 0.6 is 11.6 Å². The van der Waals surface area contributed by atoms with E-state index < -0.39 is 28.0 Å². The molecule has 0 aliphatic heterocycles. The number of alkyl halides is 3. The van der Waals surface area contributed by atoms with Gasteiger partial charge in [-0.3, -0.25) is 9.52 Å². The molecule has 0 radical (unpaired) electrons. The van der Waals surface area contributed by atoms with Crippen LogP contribution in [0.3, 0.4) is 0 Å². The molecule has 0 spiro atoms. The maximum absolute atomic E-state index is 12.2. The van der Waals surface area contributed by atoms with E-state index in [1.54, 1.807) is 0 Å². The van der Waals surface area contributed by atoms with Crippen LogP contribution in [0.25, 0.3) is 0 Å². The highest BCUT2D eigenvalue weighted by atomic mass is 35.5. The van der Waals surface area contributed by atoms with E-state index in [9.17, 15) is 26.4 Å². The lowest BCUT2D eigenvalue weighted by atomic mass is 10.2. The molecule has 0 saturated carbocycles. The van der Waals surface area contributed by atoms with Crippen molar-refractivity contribution < 1.29 is 31.1 Å². The minimum absolute atomic E-state index is 0.00816. The van der Waals surface area contributed by atoms with Crippen LogP contribution in [0.4, 0.5) is 18.9 Å². The van der Waals surface area contributed by atoms with Crippen molar-refractivity contribution in [2.75, 3.05) is 4.72 Å². The second-order valence-electron chi connectivity index (χ2n) is 4.68. The number of carbonyl (C=O) groups is 1. The van der Waals surface area contributed by atoms with Crippen LogP contribution in [0.5, 0.6) is 5.75 Å². The average molecular weight is 395 g/mol. The molecule has 2 rings (SSSR count). The normalized spacial score (nSPS) is 11.8. The van der Waals surface area contributed by atoms with Gasteiger partial charge in [-0.2, -0.15) is 0 Å². The quantitative estimate of drug-likeness (QED) is 0.813. The Morgan fingerprint density at radius 3 is 2.24 bits per heavy atom. The highest BCUT2D eigenvalue weighted by Crippen LogP contribution is 2.26. The molecule has 0 unspecified atom stereocenters. The molecule has 0 bridgehead atoms. The molecule has 11 heteroatoms. The van der Waals surface area contributed by atoms with Gasteiger partial charge in [0.2, 0.25) is 5.91 Å². The minimum Gasteiger partial charge on any atom is -0.406 e. The number of anilines is 1. The van der Waals surface area contributed by atoms with Crippen molar-refractivity contribution in [3.63, 3.8) is 0 Å². The van der Waals surface area contributed by atoms with Crippen LogP contribution in [-0.2, 0) is 10.0 Å². The molecular formula is C14H10ClF3N2O4S. The van der Waals surface area contributed by atoms with Gasteiger partial charge < -0.3 is 10.5 Å². The second-order valence-corrected chi connectivity index (χ2v) is 6.77. The number of ether oxygens (including phenoxy) is 1. The number of carbonyl (C=O) groups excluding carboxylic acids is 1. The summed E-state index contributed by atoms with van der Waals surface area (Å²) in [6.07, 6.45) is -4.88. The van der Waals surface area contributed by atoms with Gasteiger partial charge in [0.1, 0.15) is 5.75 Å². The van der Waals surface area contributed by atoms with Gasteiger partial charge in [0.05, 0.1) is 15.5 Å². The summed E-state index contributed by atoms with van der Waals surface area (Å²) in [5.41, 5.74) is 5.04. The van der Waals surface area contributed by atoms with Crippen LogP contribution in [0, 0.1) is 0 Å². The monoisotopic (exact) mass is 394 g/mol. The molecule has 0 atom stereocenters. The topological polar surface area (TPSA) is 98.5 Å². The molecule has 3 N–H and O–H groups in total. The third-order valence-electron chi connectivity index (χ3n) is 2.85. The molecule has 0 aliphatic rings. The SMILES string of the molecule is NC(=O)c1cc(NS(=O)(=O)c2ccc(OC(F)(F)F)cc2)ccc1Cl. The first-order valence-corrected chi connectivity index (χ1v) is 8.32. The van der Waals surface area contributed by atoms with Crippen LogP contribution in [0.15, 0.2) is 47.4 Å². The molecule has 0 heterocycles. The molecule has 0 aromatic heterocycles. The third-order valence-corrected chi connectivity index (χ3v) is 4.58. The smallest absolute Gasteiger partial charge is 0.406 e. The molecule has 0 saturated heterocycles. The highest BCUT2D eigenvalue weighted by Gasteiger charge is 2.31. The van der Waals surface area contributed by atoms with E-state index in [1.807, 2.05) is 0 Å². The van der Waals surface area contributed by atoms with Crippen molar-refractivity contribution in [3.05, 3.63) is 53.1 Å². The van der Waals surface area contributed by atoms with E-state index in [0.717, 1.165) is 30.3 Å². The van der Waals surface area contributed by atoms with E-state index in [-0.39, 0.29) is 21.2 Å². The van der Waals surface area contributed by atoms with Crippen molar-refractivity contribution in [1.82, 2.24) is 0 Å². The van der Waals surface area contributed by atoms with Crippen LogP contribution in [-0.4, -0.2) is 20.7 Å². The number of halogens is 4. The fourth-order valence-corrected chi connectivity index (χ4v) is 3.07. The zero-order valence-electron chi connectivity index (χ0n) is 12.2. The third kappa shape index (κ3) is 5.00. The maximum atomic E-state index is 12.2. The lowest BCUT2D eigenvalue weighted by molar-refractivity contribution is -0.274. The van der Waals surface area contributed by atoms with E-state index in [0.29, 0.717) is 0 Å². The standard InChI is InChI=1S/C14H10ClF3N2O4S/c15-12-6-1-8(7-11(12)13(19)21)20-25(22,23)10-4-2-9(3-5-10)24-14(16,17)18/h1-7,20H,(H2,19,21). The number of sulfonamides is 1. The first-order chi connectivity index (χ1) is 11.5. The maximum Gasteiger partial charge on any atom is 0.573 e. The molecule has 25 heavy (non-hydrogen) atoms. The number of benzene rings is 2. The Kier molecular flexibility index (Phi) is 5.14. The molecule has 1 amide bonds. The lowest BCUT2D eigenvalue weighted by Gasteiger charge is -2.11. The number of rotatable bonds is 5. The molecular weight excluding hydrogens is 385 g/mol. The van der Waals surface area contributed by atoms with Crippen molar-refractivity contribution in [2.45, 2.75) is 11.3 Å². The Morgan fingerprint density at radius 2 is 1.72 bits per heavy atom. The number of nitrogens with one attached hydrogen (secondary N) is 1. The zero-order valence-corrected chi connectivity index (χ0v) is 13.7. The Labute approximate surface area is 145 Å². The molecule has 0 fully saturated rings. The van der Waals surface area contributed by atoms with Gasteiger partial charge in [-0.1, -0.05) is 11.6 Å². The Balaban J connectivity index is 2.25. The summed E-state index contributed by atoms with van der Waals surface area (Å²) in [7, 11) is -4.11. The molecule has 134 valence electrons. The summed E-state index contributed by atoms with van der Waals surface area (Å²) in [6, 6.07) is 7.32. The number of amides is 1. The molecule has 2 aromatic rings. The molecule has 6 nitrogen and oxygen atoms in total. The summed E-state index contributed by atoms with van der Waals surface area (Å²) in [5.74, 6) is -1.41. The number of hydrogen-bond donors (Lipinski definition) is 2. The summed E-state index contributed by atoms with van der Waals surface area (Å²) >= 11 is 5.77. The summed E-state index contributed by atoms with van der Waals surface area (Å²) in [5, 5.41) is 0.0455. The Bertz CT molecular complexity index is 899. The van der Waals surface area contributed by atoms with Crippen molar-refractivity contribution >= 4 is 33.2 Å². The lowest BCUT2D eigenvalue weighted by Crippen LogP contribution is -2.17. The van der Waals surface area contributed by atoms with E-state index in [4.69, 9.17) is 17.3 Å². The Hall–Kier alpha value is -2.46. The molecule has 0 aliphatic carbocycles. The average Bonchev–Trinajstić information content (AvgIpc) is 2.47. The van der Waals surface area contributed by atoms with Gasteiger partial charge in [0.15, 0.2) is 0 Å². The van der Waals surface area contributed by atoms with Crippen LogP contribution < -0.4 is 15.2 Å². The van der Waals surface area contributed by atoms with Gasteiger partial charge in [-0.05, 0) is 42.5 Å². The molecule has 2 aromatic carbocycles. The number of hydrogen-bond acceptors (Lipinski definition) is 4. The van der Waals surface area contributed by atoms with Crippen molar-refractivity contribution in [1.29, 1.82) is 0 Å². The van der Waals surface area contributed by atoms with E-state index in [2.05, 4.69) is 9.46 Å². The second kappa shape index (κ2) is 6.81. The zero-order chi connectivity index (χ0) is 18.8. The fraction of sp³-hybridized carbons (Fsp3) is 0.0714. The first-order valence-electron chi connectivity index (χ1n) is 6.46. The summed E-state index contributed by atoms with van der Waals surface area (Å²) in [6.45, 7) is 0. The van der Waals surface area contributed by atoms with Gasteiger partial charge in [0.25, 0.3) is 10.0 Å².